The molecule has 2 nitrogen and oxygen atoms in total. The predicted octanol–water partition coefficient (Wildman–Crippen LogP) is 2.07. The molecule has 1 aromatic heterocycles. The fourth-order valence-corrected chi connectivity index (χ4v) is 2.67. The maximum atomic E-state index is 9.42. The molecule has 72 valence electrons. The summed E-state index contributed by atoms with van der Waals surface area (Å²) in [5.41, 5.74) is 1.15. The first-order chi connectivity index (χ1) is 6.16. The summed E-state index contributed by atoms with van der Waals surface area (Å²) in [6.07, 6.45) is 3.05. The Kier molecular flexibility index (Phi) is 2.39. The normalized spacial score (nSPS) is 27.3. The molecule has 1 aliphatic carbocycles. The quantitative estimate of drug-likeness (QED) is 0.787. The molecule has 1 fully saturated rings. The number of aromatic nitrogens is 1. The van der Waals surface area contributed by atoms with E-state index in [1.165, 1.54) is 16.3 Å². The minimum absolute atomic E-state index is 0.0653. The first-order valence-corrected chi connectivity index (χ1v) is 5.59. The van der Waals surface area contributed by atoms with Crippen molar-refractivity contribution in [3.63, 3.8) is 0 Å². The van der Waals surface area contributed by atoms with Gasteiger partial charge in [-0.25, -0.2) is 4.98 Å². The molecular weight excluding hydrogens is 182 g/mol. The van der Waals surface area contributed by atoms with E-state index in [9.17, 15) is 5.11 Å². The monoisotopic (exact) mass is 197 g/mol. The van der Waals surface area contributed by atoms with Crippen LogP contribution in [0.4, 0.5) is 0 Å². The van der Waals surface area contributed by atoms with Crippen LogP contribution in [0.25, 0.3) is 0 Å². The van der Waals surface area contributed by atoms with Crippen LogP contribution in [0, 0.1) is 19.8 Å². The van der Waals surface area contributed by atoms with Crippen molar-refractivity contribution in [2.24, 2.45) is 5.92 Å². The van der Waals surface area contributed by atoms with Gasteiger partial charge in [0.15, 0.2) is 0 Å². The zero-order valence-corrected chi connectivity index (χ0v) is 8.90. The average Bonchev–Trinajstić information content (AvgIpc) is 2.40. The van der Waals surface area contributed by atoms with E-state index in [0.29, 0.717) is 5.92 Å². The molecule has 2 unspecified atom stereocenters. The fourth-order valence-electron chi connectivity index (χ4n) is 1.64. The number of thiazole rings is 1. The Morgan fingerprint density at radius 3 is 2.62 bits per heavy atom. The first kappa shape index (κ1) is 9.16. The number of hydrogen-bond donors (Lipinski definition) is 1. The van der Waals surface area contributed by atoms with Gasteiger partial charge in [0.1, 0.15) is 0 Å². The predicted molar refractivity (Wildman–Crippen MR) is 54.0 cm³/mol. The Morgan fingerprint density at radius 1 is 1.46 bits per heavy atom. The van der Waals surface area contributed by atoms with Crippen LogP contribution in [0.3, 0.4) is 0 Å². The second-order valence-corrected chi connectivity index (χ2v) is 5.15. The molecule has 0 aromatic carbocycles. The highest BCUT2D eigenvalue weighted by atomic mass is 32.1. The smallest absolute Gasteiger partial charge is 0.0934 e. The van der Waals surface area contributed by atoms with Gasteiger partial charge in [-0.1, -0.05) is 0 Å². The summed E-state index contributed by atoms with van der Waals surface area (Å²) in [5, 5.41) is 10.6. The number of rotatable bonds is 2. The van der Waals surface area contributed by atoms with Gasteiger partial charge in [0.2, 0.25) is 0 Å². The molecule has 0 radical (unpaired) electrons. The minimum Gasteiger partial charge on any atom is -0.393 e. The topological polar surface area (TPSA) is 33.1 Å². The summed E-state index contributed by atoms with van der Waals surface area (Å²) < 4.78 is 0. The Bertz CT molecular complexity index is 288. The molecule has 0 saturated heterocycles. The van der Waals surface area contributed by atoms with Crippen molar-refractivity contribution in [1.82, 2.24) is 4.98 Å². The highest BCUT2D eigenvalue weighted by Crippen LogP contribution is 2.32. The third kappa shape index (κ3) is 1.76. The van der Waals surface area contributed by atoms with Crippen LogP contribution in [0.2, 0.25) is 0 Å². The largest absolute Gasteiger partial charge is 0.393 e. The number of aliphatic hydroxyl groups is 1. The maximum absolute atomic E-state index is 9.42. The van der Waals surface area contributed by atoms with Crippen LogP contribution >= 0.6 is 11.3 Å². The lowest BCUT2D eigenvalue weighted by molar-refractivity contribution is 0.0244. The van der Waals surface area contributed by atoms with E-state index in [1.807, 2.05) is 6.92 Å². The van der Waals surface area contributed by atoms with Gasteiger partial charge in [-0.05, 0) is 32.6 Å². The fraction of sp³-hybridized carbons (Fsp3) is 0.700. The van der Waals surface area contributed by atoms with E-state index < -0.39 is 0 Å². The summed E-state index contributed by atoms with van der Waals surface area (Å²) in [5.74, 6) is 0.477. The van der Waals surface area contributed by atoms with Gasteiger partial charge in [-0.3, -0.25) is 0 Å². The van der Waals surface area contributed by atoms with Crippen molar-refractivity contribution in [3.8, 4) is 0 Å². The third-order valence-corrected chi connectivity index (χ3v) is 3.98. The average molecular weight is 197 g/mol. The number of aliphatic hydroxyl groups excluding tert-OH is 1. The van der Waals surface area contributed by atoms with Gasteiger partial charge < -0.3 is 5.11 Å². The van der Waals surface area contributed by atoms with Crippen molar-refractivity contribution in [1.29, 1.82) is 0 Å². The lowest BCUT2D eigenvalue weighted by Gasteiger charge is -2.31. The molecule has 0 amide bonds. The molecule has 0 spiro atoms. The molecular formula is C10H15NOS. The summed E-state index contributed by atoms with van der Waals surface area (Å²) in [6.45, 7) is 4.15. The summed E-state index contributed by atoms with van der Waals surface area (Å²) >= 11 is 1.77. The van der Waals surface area contributed by atoms with Crippen LogP contribution in [0.15, 0.2) is 0 Å². The lowest BCUT2D eigenvalue weighted by Crippen LogP contribution is -2.32. The molecule has 2 rings (SSSR count). The molecule has 1 aliphatic rings. The van der Waals surface area contributed by atoms with E-state index in [2.05, 4.69) is 11.9 Å². The Hall–Kier alpha value is -0.410. The Balaban J connectivity index is 2.01. The third-order valence-electron chi connectivity index (χ3n) is 2.89. The highest BCUT2D eigenvalue weighted by Gasteiger charge is 2.29. The molecule has 13 heavy (non-hydrogen) atoms. The molecule has 2 atom stereocenters. The molecule has 0 bridgehead atoms. The van der Waals surface area contributed by atoms with Crippen molar-refractivity contribution in [2.45, 2.75) is 39.2 Å². The van der Waals surface area contributed by atoms with Crippen LogP contribution in [-0.2, 0) is 6.42 Å². The summed E-state index contributed by atoms with van der Waals surface area (Å²) in [6, 6.07) is 0. The highest BCUT2D eigenvalue weighted by molar-refractivity contribution is 7.11. The zero-order valence-electron chi connectivity index (χ0n) is 8.08. The van der Waals surface area contributed by atoms with Gasteiger partial charge in [0.05, 0.1) is 16.8 Å². The SMILES string of the molecule is Cc1nc(CC2CCC2O)sc1C. The van der Waals surface area contributed by atoms with Crippen molar-refractivity contribution < 1.29 is 5.11 Å². The molecule has 1 heterocycles. The first-order valence-electron chi connectivity index (χ1n) is 4.78. The second kappa shape index (κ2) is 3.39. The van der Waals surface area contributed by atoms with Gasteiger partial charge in [-0.15, -0.1) is 11.3 Å². The maximum Gasteiger partial charge on any atom is 0.0934 e. The number of aryl methyl sites for hydroxylation is 2. The van der Waals surface area contributed by atoms with Crippen LogP contribution in [-0.4, -0.2) is 16.2 Å². The van der Waals surface area contributed by atoms with Crippen LogP contribution < -0.4 is 0 Å². The standard InChI is InChI=1S/C10H15NOS/c1-6-7(2)13-10(11-6)5-8-3-4-9(8)12/h8-9,12H,3-5H2,1-2H3. The molecule has 3 heteroatoms. The van der Waals surface area contributed by atoms with Crippen molar-refractivity contribution in [2.75, 3.05) is 0 Å². The van der Waals surface area contributed by atoms with Crippen molar-refractivity contribution in [3.05, 3.63) is 15.6 Å². The zero-order chi connectivity index (χ0) is 9.42. The van der Waals surface area contributed by atoms with E-state index >= 15 is 0 Å². The molecule has 0 aliphatic heterocycles. The van der Waals surface area contributed by atoms with Crippen molar-refractivity contribution >= 4 is 11.3 Å². The number of hydrogen-bond acceptors (Lipinski definition) is 3. The second-order valence-electron chi connectivity index (χ2n) is 3.86. The van der Waals surface area contributed by atoms with Gasteiger partial charge >= 0.3 is 0 Å². The summed E-state index contributed by atoms with van der Waals surface area (Å²) in [7, 11) is 0. The molecule has 1 saturated carbocycles. The van der Waals surface area contributed by atoms with Crippen LogP contribution in [0.5, 0.6) is 0 Å². The lowest BCUT2D eigenvalue weighted by atomic mass is 9.80. The van der Waals surface area contributed by atoms with Gasteiger partial charge in [0.25, 0.3) is 0 Å². The van der Waals surface area contributed by atoms with E-state index in [0.717, 1.165) is 18.5 Å². The van der Waals surface area contributed by atoms with Crippen LogP contribution in [0.1, 0.15) is 28.4 Å². The Morgan fingerprint density at radius 2 is 2.23 bits per heavy atom. The van der Waals surface area contributed by atoms with Gasteiger partial charge in [0, 0.05) is 11.3 Å². The van der Waals surface area contributed by atoms with Gasteiger partial charge in [-0.2, -0.15) is 0 Å². The van der Waals surface area contributed by atoms with E-state index in [-0.39, 0.29) is 6.10 Å². The van der Waals surface area contributed by atoms with E-state index in [4.69, 9.17) is 0 Å². The minimum atomic E-state index is -0.0653. The Labute approximate surface area is 82.6 Å². The molecule has 1 N–H and O–H groups in total. The molecule has 1 aromatic rings. The summed E-state index contributed by atoms with van der Waals surface area (Å²) in [4.78, 5) is 5.78. The number of nitrogens with zero attached hydrogens (tertiary/aromatic N) is 1. The van der Waals surface area contributed by atoms with E-state index in [1.54, 1.807) is 11.3 Å².